The van der Waals surface area contributed by atoms with Crippen molar-refractivity contribution >= 4 is 23.5 Å². The number of amides is 2. The van der Waals surface area contributed by atoms with E-state index in [9.17, 15) is 9.59 Å². The van der Waals surface area contributed by atoms with Crippen LogP contribution in [-0.4, -0.2) is 75.7 Å². The maximum absolute atomic E-state index is 13.1. The quantitative estimate of drug-likeness (QED) is 0.669. The number of anilines is 1. The number of ether oxygens (including phenoxy) is 2. The van der Waals surface area contributed by atoms with Gasteiger partial charge in [0.25, 0.3) is 5.89 Å². The average molecular weight is 507 g/mol. The number of fused-ring (bicyclic) bond motifs is 1. The molecule has 3 aliphatic heterocycles. The van der Waals surface area contributed by atoms with Crippen LogP contribution < -0.4 is 5.32 Å². The molecular formula is C26H30N6O5. The van der Waals surface area contributed by atoms with Gasteiger partial charge >= 0.3 is 6.09 Å². The van der Waals surface area contributed by atoms with Crippen LogP contribution in [0.25, 0.3) is 11.4 Å². The smallest absolute Gasteiger partial charge is 0.411 e. The summed E-state index contributed by atoms with van der Waals surface area (Å²) in [5, 5.41) is 7.16. The summed E-state index contributed by atoms with van der Waals surface area (Å²) in [6.07, 6.45) is 7.06. The molecule has 1 N–H and O–H groups in total. The van der Waals surface area contributed by atoms with Crippen LogP contribution in [0.15, 0.2) is 52.1 Å². The lowest BCUT2D eigenvalue weighted by molar-refractivity contribution is -0.118. The summed E-state index contributed by atoms with van der Waals surface area (Å²) in [5.41, 5.74) is 1.58. The van der Waals surface area contributed by atoms with E-state index >= 15 is 0 Å². The van der Waals surface area contributed by atoms with Gasteiger partial charge in [0.15, 0.2) is 0 Å². The van der Waals surface area contributed by atoms with Crippen LogP contribution in [0.5, 0.6) is 0 Å². The first-order valence-electron chi connectivity index (χ1n) is 12.2. The van der Waals surface area contributed by atoms with Gasteiger partial charge in [0.2, 0.25) is 11.7 Å². The van der Waals surface area contributed by atoms with E-state index < -0.39 is 23.8 Å². The molecule has 37 heavy (non-hydrogen) atoms. The van der Waals surface area contributed by atoms with Gasteiger partial charge in [-0.15, -0.1) is 0 Å². The lowest BCUT2D eigenvalue weighted by Crippen LogP contribution is -2.45. The molecule has 3 aliphatic rings. The van der Waals surface area contributed by atoms with Crippen molar-refractivity contribution in [1.29, 1.82) is 0 Å². The molecule has 11 nitrogen and oxygen atoms in total. The first kappa shape index (κ1) is 24.7. The van der Waals surface area contributed by atoms with E-state index in [0.29, 0.717) is 36.8 Å². The lowest BCUT2D eigenvalue weighted by atomic mass is 10.1. The van der Waals surface area contributed by atoms with E-state index in [1.807, 2.05) is 75.2 Å². The number of rotatable bonds is 4. The highest BCUT2D eigenvalue weighted by atomic mass is 16.6. The van der Waals surface area contributed by atoms with E-state index in [2.05, 4.69) is 20.4 Å². The molecule has 2 atom stereocenters. The van der Waals surface area contributed by atoms with Crippen LogP contribution in [0.3, 0.4) is 0 Å². The molecular weight excluding hydrogens is 476 g/mol. The number of amidine groups is 1. The van der Waals surface area contributed by atoms with Crippen LogP contribution >= 0.6 is 0 Å². The number of nitrogens with one attached hydrogen (secondary N) is 1. The van der Waals surface area contributed by atoms with Crippen LogP contribution in [0.1, 0.15) is 38.3 Å². The summed E-state index contributed by atoms with van der Waals surface area (Å²) < 4.78 is 16.7. The molecule has 11 heteroatoms. The second kappa shape index (κ2) is 9.81. The number of hydrogen-bond donors (Lipinski definition) is 1. The van der Waals surface area contributed by atoms with Gasteiger partial charge in [-0.2, -0.15) is 4.98 Å². The Bertz CT molecular complexity index is 1290. The van der Waals surface area contributed by atoms with Gasteiger partial charge in [-0.1, -0.05) is 23.4 Å². The molecule has 0 saturated carbocycles. The third-order valence-corrected chi connectivity index (χ3v) is 6.17. The number of carbonyl (C=O) groups excluding carboxylic acids is 2. The van der Waals surface area contributed by atoms with Gasteiger partial charge in [0.1, 0.15) is 23.5 Å². The fourth-order valence-corrected chi connectivity index (χ4v) is 4.27. The molecule has 1 fully saturated rings. The van der Waals surface area contributed by atoms with Gasteiger partial charge in [0, 0.05) is 24.0 Å². The maximum Gasteiger partial charge on any atom is 0.411 e. The van der Waals surface area contributed by atoms with Gasteiger partial charge in [-0.3, -0.25) is 14.7 Å². The fraction of sp³-hybridized carbons (Fsp3) is 0.423. The number of benzene rings is 1. The number of allylic oxidation sites excluding steroid dienone is 2. The molecule has 1 unspecified atom stereocenters. The van der Waals surface area contributed by atoms with Crippen molar-refractivity contribution < 1.29 is 23.6 Å². The molecule has 0 bridgehead atoms. The zero-order valence-electron chi connectivity index (χ0n) is 21.3. The first-order valence-corrected chi connectivity index (χ1v) is 12.2. The second-order valence-electron chi connectivity index (χ2n) is 10.1. The number of nitrogens with zero attached hydrogens (tertiary/aromatic N) is 5. The van der Waals surface area contributed by atoms with Crippen molar-refractivity contribution in [2.75, 3.05) is 31.6 Å². The normalized spacial score (nSPS) is 21.0. The molecule has 0 aliphatic carbocycles. The van der Waals surface area contributed by atoms with Gasteiger partial charge in [-0.05, 0) is 51.5 Å². The SMILES string of the molecule is Cc1ccc(-c2noc([C@@H]3COCCN3C(=O)OC(C)(C)C)n2)cc1NC(=O)C1CN=C2C=CC=CN21. The first-order chi connectivity index (χ1) is 17.7. The Balaban J connectivity index is 1.32. The third-order valence-electron chi connectivity index (χ3n) is 6.17. The minimum absolute atomic E-state index is 0.153. The Morgan fingerprint density at radius 3 is 2.86 bits per heavy atom. The van der Waals surface area contributed by atoms with E-state index in [0.717, 1.165) is 11.4 Å². The molecule has 194 valence electrons. The van der Waals surface area contributed by atoms with Crippen LogP contribution in [0, 0.1) is 6.92 Å². The van der Waals surface area contributed by atoms with Crippen LogP contribution in [0.2, 0.25) is 0 Å². The topological polar surface area (TPSA) is 122 Å². The standard InChI is InChI=1S/C26H30N6O5/c1-16-8-9-17(13-18(16)28-23(33)19-14-27-21-7-5-6-10-31(19)21)22-29-24(37-30-22)20-15-35-12-11-32(20)25(34)36-26(2,3)4/h5-10,13,19-20H,11-12,14-15H2,1-4H3,(H,28,33)/t19?,20-/m0/s1. The summed E-state index contributed by atoms with van der Waals surface area (Å²) in [6.45, 7) is 8.73. The maximum atomic E-state index is 13.1. The summed E-state index contributed by atoms with van der Waals surface area (Å²) >= 11 is 0. The van der Waals surface area contributed by atoms with Crippen molar-refractivity contribution in [3.05, 3.63) is 54.1 Å². The highest BCUT2D eigenvalue weighted by molar-refractivity contribution is 6.04. The number of morpholine rings is 1. The van der Waals surface area contributed by atoms with E-state index in [1.165, 1.54) is 0 Å². The van der Waals surface area contributed by atoms with Crippen LogP contribution in [-0.2, 0) is 14.3 Å². The lowest BCUT2D eigenvalue weighted by Gasteiger charge is -2.34. The van der Waals surface area contributed by atoms with Crippen LogP contribution in [0.4, 0.5) is 10.5 Å². The average Bonchev–Trinajstić information content (AvgIpc) is 3.52. The van der Waals surface area contributed by atoms with E-state index in [-0.39, 0.29) is 18.4 Å². The monoisotopic (exact) mass is 506 g/mol. The van der Waals surface area contributed by atoms with E-state index in [4.69, 9.17) is 14.0 Å². The molecule has 5 rings (SSSR count). The zero-order valence-corrected chi connectivity index (χ0v) is 21.3. The zero-order chi connectivity index (χ0) is 26.2. The highest BCUT2D eigenvalue weighted by Crippen LogP contribution is 2.29. The molecule has 0 spiro atoms. The predicted molar refractivity (Wildman–Crippen MR) is 136 cm³/mol. The number of hydrogen-bond acceptors (Lipinski definition) is 9. The Morgan fingerprint density at radius 2 is 2.05 bits per heavy atom. The summed E-state index contributed by atoms with van der Waals surface area (Å²) in [7, 11) is 0. The Kier molecular flexibility index (Phi) is 6.55. The predicted octanol–water partition coefficient (Wildman–Crippen LogP) is 3.46. The Morgan fingerprint density at radius 1 is 1.22 bits per heavy atom. The largest absolute Gasteiger partial charge is 0.444 e. The summed E-state index contributed by atoms with van der Waals surface area (Å²) in [4.78, 5) is 38.2. The van der Waals surface area contributed by atoms with Crippen molar-refractivity contribution in [1.82, 2.24) is 19.9 Å². The summed E-state index contributed by atoms with van der Waals surface area (Å²) in [5.74, 6) is 1.22. The van der Waals surface area contributed by atoms with E-state index in [1.54, 1.807) is 4.90 Å². The van der Waals surface area contributed by atoms with Crippen molar-refractivity contribution in [3.63, 3.8) is 0 Å². The third kappa shape index (κ3) is 5.26. The highest BCUT2D eigenvalue weighted by Gasteiger charge is 2.36. The molecule has 1 saturated heterocycles. The van der Waals surface area contributed by atoms with Gasteiger partial charge in [0.05, 0.1) is 19.8 Å². The molecule has 1 aromatic heterocycles. The number of carbonyl (C=O) groups is 2. The van der Waals surface area contributed by atoms with Crippen molar-refractivity contribution in [2.24, 2.45) is 4.99 Å². The Labute approximate surface area is 214 Å². The van der Waals surface area contributed by atoms with Crippen molar-refractivity contribution in [3.8, 4) is 11.4 Å². The molecule has 0 radical (unpaired) electrons. The minimum atomic E-state index is -0.629. The molecule has 1 aromatic carbocycles. The number of aryl methyl sites for hydroxylation is 1. The minimum Gasteiger partial charge on any atom is -0.444 e. The number of aliphatic imine (C=N–C) groups is 1. The molecule has 2 amide bonds. The second-order valence-corrected chi connectivity index (χ2v) is 10.1. The number of aromatic nitrogens is 2. The molecule has 2 aromatic rings. The van der Waals surface area contributed by atoms with Crippen molar-refractivity contribution in [2.45, 2.75) is 45.4 Å². The Hall–Kier alpha value is -3.99. The summed E-state index contributed by atoms with van der Waals surface area (Å²) in [6, 6.07) is 4.59. The fourth-order valence-electron chi connectivity index (χ4n) is 4.27. The van der Waals surface area contributed by atoms with Gasteiger partial charge in [-0.25, -0.2) is 4.79 Å². The van der Waals surface area contributed by atoms with Gasteiger partial charge < -0.3 is 24.2 Å². The molecule has 4 heterocycles.